The SMILES string of the molecule is O=C1NC(=O)C(c2ccc(Oc3ccc(OC(F)(F)F)cc3)cc2)(N2CC3(CCCCN3CC3COCCO3)C2)C(=O)N1. The molecule has 11 nitrogen and oxygen atoms in total. The Labute approximate surface area is 245 Å². The van der Waals surface area contributed by atoms with E-state index in [1.54, 1.807) is 29.2 Å². The summed E-state index contributed by atoms with van der Waals surface area (Å²) in [6.07, 6.45) is -1.90. The summed E-state index contributed by atoms with van der Waals surface area (Å²) < 4.78 is 58.5. The molecule has 0 aliphatic carbocycles. The molecule has 1 unspecified atom stereocenters. The maximum atomic E-state index is 13.5. The summed E-state index contributed by atoms with van der Waals surface area (Å²) in [5.74, 6) is -1.29. The Kier molecular flexibility index (Phi) is 7.79. The van der Waals surface area contributed by atoms with Crippen molar-refractivity contribution in [3.63, 3.8) is 0 Å². The van der Waals surface area contributed by atoms with Crippen molar-refractivity contribution in [2.24, 2.45) is 0 Å². The van der Waals surface area contributed by atoms with Crippen molar-refractivity contribution in [3.8, 4) is 17.2 Å². The number of likely N-dealkylation sites (tertiary alicyclic amines) is 2. The summed E-state index contributed by atoms with van der Waals surface area (Å²) >= 11 is 0. The molecule has 43 heavy (non-hydrogen) atoms. The van der Waals surface area contributed by atoms with Crippen LogP contribution in [0.2, 0.25) is 0 Å². The van der Waals surface area contributed by atoms with Crippen molar-refractivity contribution < 1.29 is 46.5 Å². The summed E-state index contributed by atoms with van der Waals surface area (Å²) in [5.41, 5.74) is -1.70. The number of rotatable bonds is 7. The number of alkyl halides is 3. The quantitative estimate of drug-likeness (QED) is 0.460. The minimum absolute atomic E-state index is 0.0495. The molecule has 0 radical (unpaired) electrons. The molecule has 4 amide bonds. The van der Waals surface area contributed by atoms with Gasteiger partial charge in [0, 0.05) is 25.2 Å². The molecule has 4 aliphatic heterocycles. The van der Waals surface area contributed by atoms with Gasteiger partial charge >= 0.3 is 12.4 Å². The van der Waals surface area contributed by atoms with E-state index in [4.69, 9.17) is 14.2 Å². The standard InChI is InChI=1S/C29H31F3N4O7/c30-29(31,32)43-22-9-7-21(8-10-22)42-20-5-3-19(4-6-20)28(24(37)33-26(39)34-25(28)38)36-17-27(18-36)11-1-2-12-35(27)15-23-16-40-13-14-41-23/h3-10,23H,1-2,11-18H2,(H2,33,34,37,38,39). The lowest BCUT2D eigenvalue weighted by atomic mass is 9.73. The summed E-state index contributed by atoms with van der Waals surface area (Å²) in [7, 11) is 0. The first kappa shape index (κ1) is 29.4. The highest BCUT2D eigenvalue weighted by atomic mass is 19.4. The van der Waals surface area contributed by atoms with Gasteiger partial charge in [-0.25, -0.2) is 4.79 Å². The number of carbonyl (C=O) groups excluding carboxylic acids is 3. The van der Waals surface area contributed by atoms with Crippen molar-refractivity contribution >= 4 is 17.8 Å². The Morgan fingerprint density at radius 2 is 1.51 bits per heavy atom. The average Bonchev–Trinajstić information content (AvgIpc) is 2.94. The molecule has 1 atom stereocenters. The number of hydrogen-bond donors (Lipinski definition) is 2. The normalized spacial score (nSPS) is 24.2. The predicted molar refractivity (Wildman–Crippen MR) is 143 cm³/mol. The number of carbonyl (C=O) groups is 3. The second-order valence-corrected chi connectivity index (χ2v) is 11.1. The van der Waals surface area contributed by atoms with Gasteiger partial charge in [0.25, 0.3) is 11.8 Å². The molecule has 4 aliphatic rings. The minimum Gasteiger partial charge on any atom is -0.457 e. The third-order valence-corrected chi connectivity index (χ3v) is 8.42. The maximum Gasteiger partial charge on any atom is 0.573 e. The number of urea groups is 1. The predicted octanol–water partition coefficient (Wildman–Crippen LogP) is 2.89. The highest BCUT2D eigenvalue weighted by Crippen LogP contribution is 2.45. The van der Waals surface area contributed by atoms with Gasteiger partial charge in [-0.1, -0.05) is 18.6 Å². The molecule has 4 heterocycles. The van der Waals surface area contributed by atoms with Gasteiger partial charge < -0.3 is 18.9 Å². The number of hydrogen-bond acceptors (Lipinski definition) is 9. The summed E-state index contributed by atoms with van der Waals surface area (Å²) in [6, 6.07) is 10.3. The van der Waals surface area contributed by atoms with E-state index in [-0.39, 0.29) is 23.1 Å². The number of barbiturate groups is 1. The smallest absolute Gasteiger partial charge is 0.457 e. The van der Waals surface area contributed by atoms with E-state index in [0.29, 0.717) is 50.8 Å². The number of nitrogens with one attached hydrogen (secondary N) is 2. The van der Waals surface area contributed by atoms with E-state index < -0.39 is 29.7 Å². The van der Waals surface area contributed by atoms with Gasteiger partial charge in [0.05, 0.1) is 25.9 Å². The third-order valence-electron chi connectivity index (χ3n) is 8.42. The van der Waals surface area contributed by atoms with E-state index in [2.05, 4.69) is 20.3 Å². The number of ether oxygens (including phenoxy) is 4. The van der Waals surface area contributed by atoms with Gasteiger partial charge in [-0.05, 0) is 61.3 Å². The lowest BCUT2D eigenvalue weighted by molar-refractivity contribution is -0.274. The Morgan fingerprint density at radius 3 is 2.12 bits per heavy atom. The van der Waals surface area contributed by atoms with Crippen LogP contribution in [0, 0.1) is 0 Å². The van der Waals surface area contributed by atoms with Crippen molar-refractivity contribution in [2.75, 3.05) is 46.0 Å². The fraction of sp³-hybridized carbons (Fsp3) is 0.483. The Bertz CT molecular complexity index is 1340. The Balaban J connectivity index is 1.22. The third kappa shape index (κ3) is 5.79. The lowest BCUT2D eigenvalue weighted by Gasteiger charge is -2.62. The van der Waals surface area contributed by atoms with Crippen LogP contribution in [-0.2, 0) is 24.6 Å². The molecule has 6 rings (SSSR count). The van der Waals surface area contributed by atoms with Crippen LogP contribution >= 0.6 is 0 Å². The van der Waals surface area contributed by atoms with Gasteiger partial charge in [-0.2, -0.15) is 0 Å². The van der Waals surface area contributed by atoms with Crippen LogP contribution in [0.5, 0.6) is 17.2 Å². The Hall–Kier alpha value is -3.72. The van der Waals surface area contributed by atoms with E-state index in [9.17, 15) is 27.6 Å². The fourth-order valence-electron chi connectivity index (χ4n) is 6.45. The summed E-state index contributed by atoms with van der Waals surface area (Å²) in [5, 5.41) is 4.54. The van der Waals surface area contributed by atoms with Gasteiger partial charge in [0.2, 0.25) is 5.54 Å². The van der Waals surface area contributed by atoms with Crippen LogP contribution < -0.4 is 20.1 Å². The maximum absolute atomic E-state index is 13.5. The Morgan fingerprint density at radius 1 is 0.884 bits per heavy atom. The zero-order chi connectivity index (χ0) is 30.2. The van der Waals surface area contributed by atoms with Crippen LogP contribution in [-0.4, -0.2) is 91.7 Å². The first-order valence-corrected chi connectivity index (χ1v) is 14.1. The second kappa shape index (κ2) is 11.4. The molecule has 4 fully saturated rings. The molecule has 2 aromatic rings. The van der Waals surface area contributed by atoms with Crippen molar-refractivity contribution in [1.82, 2.24) is 20.4 Å². The largest absolute Gasteiger partial charge is 0.573 e. The minimum atomic E-state index is -4.80. The molecule has 230 valence electrons. The van der Waals surface area contributed by atoms with Crippen molar-refractivity contribution in [2.45, 2.75) is 42.8 Å². The van der Waals surface area contributed by atoms with Crippen LogP contribution in [0.15, 0.2) is 48.5 Å². The van der Waals surface area contributed by atoms with Gasteiger partial charge in [-0.15, -0.1) is 13.2 Å². The van der Waals surface area contributed by atoms with Crippen LogP contribution in [0.4, 0.5) is 18.0 Å². The van der Waals surface area contributed by atoms with Gasteiger partial charge in [0.1, 0.15) is 17.2 Å². The van der Waals surface area contributed by atoms with Crippen LogP contribution in [0.1, 0.15) is 24.8 Å². The lowest BCUT2D eigenvalue weighted by Crippen LogP contribution is -2.81. The first-order chi connectivity index (χ1) is 20.6. The monoisotopic (exact) mass is 604 g/mol. The topological polar surface area (TPSA) is 119 Å². The zero-order valence-corrected chi connectivity index (χ0v) is 23.2. The molecule has 2 N–H and O–H groups in total. The summed E-state index contributed by atoms with van der Waals surface area (Å²) in [4.78, 5) is 43.3. The molecular weight excluding hydrogens is 573 g/mol. The number of benzene rings is 2. The van der Waals surface area contributed by atoms with E-state index in [1.807, 2.05) is 0 Å². The molecule has 4 saturated heterocycles. The van der Waals surface area contributed by atoms with Gasteiger partial charge in [-0.3, -0.25) is 30.0 Å². The number of nitrogens with zero attached hydrogens (tertiary/aromatic N) is 2. The molecule has 14 heteroatoms. The average molecular weight is 605 g/mol. The van der Waals surface area contributed by atoms with Crippen LogP contribution in [0.25, 0.3) is 0 Å². The molecule has 0 bridgehead atoms. The second-order valence-electron chi connectivity index (χ2n) is 11.1. The highest BCUT2D eigenvalue weighted by Gasteiger charge is 2.63. The number of piperidine rings is 1. The number of imide groups is 2. The molecular formula is C29H31F3N4O7. The first-order valence-electron chi connectivity index (χ1n) is 14.1. The summed E-state index contributed by atoms with van der Waals surface area (Å²) in [6.45, 7) is 4.06. The van der Waals surface area contributed by atoms with Crippen molar-refractivity contribution in [1.29, 1.82) is 0 Å². The van der Waals surface area contributed by atoms with E-state index in [1.165, 1.54) is 12.1 Å². The molecule has 0 saturated carbocycles. The van der Waals surface area contributed by atoms with Crippen molar-refractivity contribution in [3.05, 3.63) is 54.1 Å². The molecule has 1 spiro atoms. The van der Waals surface area contributed by atoms with Crippen LogP contribution in [0.3, 0.4) is 0 Å². The molecule has 2 aromatic carbocycles. The van der Waals surface area contributed by atoms with Gasteiger partial charge in [0.15, 0.2) is 0 Å². The number of amides is 4. The fourth-order valence-corrected chi connectivity index (χ4v) is 6.45. The highest BCUT2D eigenvalue weighted by molar-refractivity contribution is 6.22. The van der Waals surface area contributed by atoms with E-state index >= 15 is 0 Å². The van der Waals surface area contributed by atoms with E-state index in [0.717, 1.165) is 37.9 Å². The zero-order valence-electron chi connectivity index (χ0n) is 23.2. The molecule has 0 aromatic heterocycles. The number of halogens is 3.